The van der Waals surface area contributed by atoms with Gasteiger partial charge in [-0.15, -0.1) is 11.3 Å². The van der Waals surface area contributed by atoms with E-state index >= 15 is 0 Å². The zero-order valence-corrected chi connectivity index (χ0v) is 13.6. The van der Waals surface area contributed by atoms with Crippen molar-refractivity contribution in [1.29, 1.82) is 0 Å². The van der Waals surface area contributed by atoms with E-state index in [2.05, 4.69) is 10.0 Å². The van der Waals surface area contributed by atoms with Gasteiger partial charge in [0.15, 0.2) is 9.84 Å². The first-order valence-corrected chi connectivity index (χ1v) is 10.5. The molecule has 2 N–H and O–H groups in total. The SMILES string of the molecule is CNCc1cc(S(=O)(=O)NC2CCCS(=O)(=O)C2)cs1. The monoisotopic (exact) mass is 338 g/mol. The number of sulfone groups is 1. The minimum atomic E-state index is -3.64. The third kappa shape index (κ3) is 4.01. The van der Waals surface area contributed by atoms with Gasteiger partial charge in [-0.1, -0.05) is 0 Å². The van der Waals surface area contributed by atoms with Gasteiger partial charge in [-0.2, -0.15) is 0 Å². The molecule has 1 saturated heterocycles. The van der Waals surface area contributed by atoms with Gasteiger partial charge in [-0.05, 0) is 26.0 Å². The third-order valence-electron chi connectivity index (χ3n) is 3.08. The van der Waals surface area contributed by atoms with Crippen LogP contribution in [0, 0.1) is 0 Å². The number of rotatable bonds is 5. The summed E-state index contributed by atoms with van der Waals surface area (Å²) in [6.45, 7) is 0.609. The first-order chi connectivity index (χ1) is 9.32. The smallest absolute Gasteiger partial charge is 0.241 e. The van der Waals surface area contributed by atoms with Gasteiger partial charge in [-0.3, -0.25) is 0 Å². The normalized spacial score (nSPS) is 22.8. The van der Waals surface area contributed by atoms with E-state index in [1.165, 1.54) is 11.3 Å². The molecule has 20 heavy (non-hydrogen) atoms. The molecule has 114 valence electrons. The number of sulfonamides is 1. The molecule has 0 bridgehead atoms. The average molecular weight is 338 g/mol. The van der Waals surface area contributed by atoms with Gasteiger partial charge in [0.1, 0.15) is 0 Å². The van der Waals surface area contributed by atoms with Crippen molar-refractivity contribution in [1.82, 2.24) is 10.0 Å². The van der Waals surface area contributed by atoms with Crippen molar-refractivity contribution in [3.63, 3.8) is 0 Å². The summed E-state index contributed by atoms with van der Waals surface area (Å²) >= 11 is 1.36. The summed E-state index contributed by atoms with van der Waals surface area (Å²) < 4.78 is 50.0. The highest BCUT2D eigenvalue weighted by molar-refractivity contribution is 7.91. The van der Waals surface area contributed by atoms with Gasteiger partial charge in [-0.25, -0.2) is 21.6 Å². The minimum absolute atomic E-state index is 0.111. The Morgan fingerprint density at radius 1 is 1.45 bits per heavy atom. The molecule has 9 heteroatoms. The maximum absolute atomic E-state index is 12.2. The molecule has 1 atom stereocenters. The van der Waals surface area contributed by atoms with Crippen LogP contribution in [0.1, 0.15) is 17.7 Å². The molecule has 2 rings (SSSR count). The third-order valence-corrected chi connectivity index (χ3v) is 7.48. The number of hydrogen-bond acceptors (Lipinski definition) is 6. The van der Waals surface area contributed by atoms with Crippen molar-refractivity contribution < 1.29 is 16.8 Å². The molecule has 0 radical (unpaired) electrons. The second-order valence-corrected chi connectivity index (χ2v) is 9.79. The summed E-state index contributed by atoms with van der Waals surface area (Å²) in [6, 6.07) is 1.09. The predicted octanol–water partition coefficient (Wildman–Crippen LogP) is 0.323. The van der Waals surface area contributed by atoms with E-state index in [1.54, 1.807) is 18.5 Å². The maximum atomic E-state index is 12.2. The zero-order valence-electron chi connectivity index (χ0n) is 11.1. The van der Waals surface area contributed by atoms with Crippen LogP contribution in [0.15, 0.2) is 16.3 Å². The van der Waals surface area contributed by atoms with E-state index in [9.17, 15) is 16.8 Å². The van der Waals surface area contributed by atoms with Crippen LogP contribution < -0.4 is 10.0 Å². The second-order valence-electron chi connectivity index (χ2n) is 4.85. The predicted molar refractivity (Wildman–Crippen MR) is 79.1 cm³/mol. The van der Waals surface area contributed by atoms with E-state index in [0.717, 1.165) is 4.88 Å². The highest BCUT2D eigenvalue weighted by atomic mass is 32.2. The first-order valence-electron chi connectivity index (χ1n) is 6.27. The highest BCUT2D eigenvalue weighted by Crippen LogP contribution is 2.21. The van der Waals surface area contributed by atoms with Crippen LogP contribution in [0.25, 0.3) is 0 Å². The molecule has 0 saturated carbocycles. The van der Waals surface area contributed by atoms with Crippen LogP contribution in [0.3, 0.4) is 0 Å². The molecule has 1 fully saturated rings. The Hall–Kier alpha value is -0.480. The average Bonchev–Trinajstić information content (AvgIpc) is 2.77. The molecule has 0 aliphatic carbocycles. The number of nitrogens with one attached hydrogen (secondary N) is 2. The fraction of sp³-hybridized carbons (Fsp3) is 0.636. The van der Waals surface area contributed by atoms with Crippen LogP contribution in [0.5, 0.6) is 0 Å². The molecular weight excluding hydrogens is 320 g/mol. The van der Waals surface area contributed by atoms with E-state index < -0.39 is 25.9 Å². The molecule has 0 aromatic carbocycles. The Morgan fingerprint density at radius 2 is 2.20 bits per heavy atom. The summed E-state index contributed by atoms with van der Waals surface area (Å²) in [5.41, 5.74) is 0. The molecule has 1 aliphatic heterocycles. The Morgan fingerprint density at radius 3 is 2.85 bits per heavy atom. The van der Waals surface area contributed by atoms with E-state index in [0.29, 0.717) is 19.4 Å². The second kappa shape index (κ2) is 6.10. The fourth-order valence-electron chi connectivity index (χ4n) is 2.17. The van der Waals surface area contributed by atoms with Crippen molar-refractivity contribution >= 4 is 31.2 Å². The largest absolute Gasteiger partial charge is 0.315 e. The molecule has 1 aliphatic rings. The lowest BCUT2D eigenvalue weighted by molar-refractivity contribution is 0.517. The van der Waals surface area contributed by atoms with Crippen molar-refractivity contribution in [2.75, 3.05) is 18.6 Å². The Balaban J connectivity index is 2.10. The number of hydrogen-bond donors (Lipinski definition) is 2. The molecule has 6 nitrogen and oxygen atoms in total. The first kappa shape index (κ1) is 15.9. The minimum Gasteiger partial charge on any atom is -0.315 e. The van der Waals surface area contributed by atoms with Crippen LogP contribution in [0.2, 0.25) is 0 Å². The Labute approximate surface area is 123 Å². The van der Waals surface area contributed by atoms with Crippen molar-refractivity contribution in [2.45, 2.75) is 30.3 Å². The van der Waals surface area contributed by atoms with Crippen molar-refractivity contribution in [3.8, 4) is 0 Å². The summed E-state index contributed by atoms with van der Waals surface area (Å²) in [5, 5.41) is 4.53. The van der Waals surface area contributed by atoms with Crippen LogP contribution in [0.4, 0.5) is 0 Å². The van der Waals surface area contributed by atoms with Gasteiger partial charge in [0.05, 0.1) is 16.4 Å². The van der Waals surface area contributed by atoms with Gasteiger partial charge in [0.25, 0.3) is 0 Å². The fourth-order valence-corrected chi connectivity index (χ4v) is 6.47. The molecule has 2 heterocycles. The molecule has 1 aromatic heterocycles. The molecule has 1 unspecified atom stereocenters. The van der Waals surface area contributed by atoms with Gasteiger partial charge < -0.3 is 5.32 Å². The summed E-state index contributed by atoms with van der Waals surface area (Å²) in [7, 11) is -4.97. The molecule has 0 spiro atoms. The summed E-state index contributed by atoms with van der Waals surface area (Å²) in [5.74, 6) is 0.0374. The molecule has 0 amide bonds. The molecule has 1 aromatic rings. The highest BCUT2D eigenvalue weighted by Gasteiger charge is 2.29. The van der Waals surface area contributed by atoms with Crippen LogP contribution >= 0.6 is 11.3 Å². The zero-order chi connectivity index (χ0) is 14.8. The van der Waals surface area contributed by atoms with Gasteiger partial charge in [0.2, 0.25) is 10.0 Å². The van der Waals surface area contributed by atoms with Crippen molar-refractivity contribution in [3.05, 3.63) is 16.3 Å². The topological polar surface area (TPSA) is 92.3 Å². The summed E-state index contributed by atoms with van der Waals surface area (Å²) in [4.78, 5) is 1.12. The Kier molecular flexibility index (Phi) is 4.85. The quantitative estimate of drug-likeness (QED) is 0.807. The van der Waals surface area contributed by atoms with Crippen LogP contribution in [-0.2, 0) is 26.4 Å². The van der Waals surface area contributed by atoms with Gasteiger partial charge >= 0.3 is 0 Å². The molecular formula is C11H18N2O4S3. The maximum Gasteiger partial charge on any atom is 0.241 e. The lowest BCUT2D eigenvalue weighted by Crippen LogP contribution is -2.43. The lowest BCUT2D eigenvalue weighted by atomic mass is 10.2. The summed E-state index contributed by atoms with van der Waals surface area (Å²) in [6.07, 6.45) is 1.07. The Bertz CT molecular complexity index is 664. The van der Waals surface area contributed by atoms with Crippen molar-refractivity contribution in [2.24, 2.45) is 0 Å². The van der Waals surface area contributed by atoms with E-state index in [1.807, 2.05) is 0 Å². The lowest BCUT2D eigenvalue weighted by Gasteiger charge is -2.22. The standard InChI is InChI=1S/C11H18N2O4S3/c1-12-6-10-5-11(7-18-10)20(16,17)13-9-3-2-4-19(14,15)8-9/h5,7,9,12-13H,2-4,6,8H2,1H3. The van der Waals surface area contributed by atoms with Crippen LogP contribution in [-0.4, -0.2) is 41.4 Å². The number of thiophene rings is 1. The van der Waals surface area contributed by atoms with Gasteiger partial charge in [0, 0.05) is 22.8 Å². The van der Waals surface area contributed by atoms with E-state index in [-0.39, 0.29) is 16.4 Å². The van der Waals surface area contributed by atoms with E-state index in [4.69, 9.17) is 0 Å².